The number of nitrogens with zero attached hydrogens (tertiary/aromatic N) is 4. The molecule has 0 spiro atoms. The van der Waals surface area contributed by atoms with Gasteiger partial charge in [0, 0.05) is 31.2 Å². The molecule has 10 nitrogen and oxygen atoms in total. The number of halogens is 2. The largest absolute Gasteiger partial charge is 0.492 e. The van der Waals surface area contributed by atoms with Crippen LogP contribution >= 0.6 is 0 Å². The Bertz CT molecular complexity index is 1310. The second kappa shape index (κ2) is 12.7. The van der Waals surface area contributed by atoms with Gasteiger partial charge in [-0.3, -0.25) is 19.1 Å². The molecule has 3 aromatic rings. The zero-order valence-corrected chi connectivity index (χ0v) is 21.4. The van der Waals surface area contributed by atoms with Crippen molar-refractivity contribution in [2.75, 3.05) is 39.5 Å². The minimum absolute atomic E-state index is 0.0983. The smallest absolute Gasteiger partial charge is 0.387 e. The number of ether oxygens (including phenoxy) is 3. The highest BCUT2D eigenvalue weighted by atomic mass is 19.3. The Labute approximate surface area is 218 Å². The molecule has 12 heteroatoms. The van der Waals surface area contributed by atoms with Gasteiger partial charge in [0.05, 0.1) is 31.4 Å². The van der Waals surface area contributed by atoms with Crippen molar-refractivity contribution in [3.05, 3.63) is 46.9 Å². The fourth-order valence-corrected chi connectivity index (χ4v) is 4.16. The summed E-state index contributed by atoms with van der Waals surface area (Å²) >= 11 is 0. The van der Waals surface area contributed by atoms with Crippen LogP contribution in [0, 0.1) is 0 Å². The fourth-order valence-electron chi connectivity index (χ4n) is 4.16. The summed E-state index contributed by atoms with van der Waals surface area (Å²) in [5.74, 6) is 0.0243. The number of carbonyl (C=O) groups excluding carboxylic acids is 1. The molecule has 1 amide bonds. The second-order valence-electron chi connectivity index (χ2n) is 9.15. The predicted molar refractivity (Wildman–Crippen MR) is 137 cm³/mol. The maximum atomic E-state index is 13.6. The van der Waals surface area contributed by atoms with Crippen molar-refractivity contribution in [3.63, 3.8) is 0 Å². The van der Waals surface area contributed by atoms with Gasteiger partial charge in [0.1, 0.15) is 23.9 Å². The third kappa shape index (κ3) is 7.23. The average Bonchev–Trinajstić information content (AvgIpc) is 2.88. The molecule has 1 N–H and O–H groups in total. The highest BCUT2D eigenvalue weighted by Crippen LogP contribution is 2.25. The lowest BCUT2D eigenvalue weighted by Crippen LogP contribution is -2.37. The number of amides is 1. The number of morpholine rings is 1. The van der Waals surface area contributed by atoms with Gasteiger partial charge in [-0.05, 0) is 38.5 Å². The number of nitrogens with one attached hydrogen (secondary N) is 1. The summed E-state index contributed by atoms with van der Waals surface area (Å²) in [6.07, 6.45) is 2.28. The van der Waals surface area contributed by atoms with E-state index in [1.165, 1.54) is 29.0 Å². The van der Waals surface area contributed by atoms with Crippen molar-refractivity contribution in [2.24, 2.45) is 0 Å². The summed E-state index contributed by atoms with van der Waals surface area (Å²) in [4.78, 5) is 37.3. The van der Waals surface area contributed by atoms with Gasteiger partial charge >= 0.3 is 6.61 Å². The van der Waals surface area contributed by atoms with E-state index in [0.717, 1.165) is 39.3 Å². The molecule has 0 aliphatic carbocycles. The van der Waals surface area contributed by atoms with Crippen LogP contribution in [0.1, 0.15) is 20.3 Å². The Kier molecular flexibility index (Phi) is 9.19. The van der Waals surface area contributed by atoms with Crippen LogP contribution in [0.3, 0.4) is 0 Å². The summed E-state index contributed by atoms with van der Waals surface area (Å²) in [5.41, 5.74) is -0.0357. The summed E-state index contributed by atoms with van der Waals surface area (Å²) in [5, 5.41) is 2.93. The summed E-state index contributed by atoms with van der Waals surface area (Å²) in [6, 6.07) is 7.21. The number of pyridine rings is 1. The van der Waals surface area contributed by atoms with Crippen LogP contribution in [-0.4, -0.2) is 77.5 Å². The van der Waals surface area contributed by atoms with E-state index in [0.29, 0.717) is 17.9 Å². The number of aromatic nitrogens is 3. The van der Waals surface area contributed by atoms with E-state index in [9.17, 15) is 18.4 Å². The van der Waals surface area contributed by atoms with Crippen molar-refractivity contribution in [1.82, 2.24) is 24.8 Å². The van der Waals surface area contributed by atoms with Crippen LogP contribution in [0.15, 0.2) is 41.3 Å². The third-order valence-corrected chi connectivity index (χ3v) is 5.84. The maximum absolute atomic E-state index is 13.6. The molecule has 0 bridgehead atoms. The van der Waals surface area contributed by atoms with Crippen molar-refractivity contribution >= 4 is 16.9 Å². The Morgan fingerprint density at radius 1 is 1.18 bits per heavy atom. The van der Waals surface area contributed by atoms with Gasteiger partial charge in [-0.15, -0.1) is 0 Å². The zero-order valence-electron chi connectivity index (χ0n) is 21.4. The minimum atomic E-state index is -3.01. The molecular formula is C26H31F2N5O5. The number of alkyl halides is 2. The SMILES string of the molecule is CC(C)NC(=O)Cn1c(-c2cccc(OC(F)F)c2)nc2ncc(OCCCN3CCOCC3)cc2c1=O. The van der Waals surface area contributed by atoms with Gasteiger partial charge in [0.15, 0.2) is 5.65 Å². The van der Waals surface area contributed by atoms with Crippen LogP contribution in [-0.2, 0) is 16.1 Å². The van der Waals surface area contributed by atoms with Crippen molar-refractivity contribution in [2.45, 2.75) is 39.5 Å². The van der Waals surface area contributed by atoms with Crippen LogP contribution in [0.2, 0.25) is 0 Å². The Balaban J connectivity index is 1.62. The standard InChI is InChI=1S/C26H31F2N5O5/c1-17(2)30-22(34)16-33-24(18-5-3-6-19(13-18)38-26(27)28)31-23-21(25(33)35)14-20(15-29-23)37-10-4-7-32-8-11-36-12-9-32/h3,5-6,13-15,17,26H,4,7-12,16H2,1-2H3,(H,30,34). The molecular weight excluding hydrogens is 500 g/mol. The van der Waals surface area contributed by atoms with E-state index in [1.54, 1.807) is 26.0 Å². The number of benzene rings is 1. The van der Waals surface area contributed by atoms with Crippen LogP contribution in [0.4, 0.5) is 8.78 Å². The molecule has 0 unspecified atom stereocenters. The lowest BCUT2D eigenvalue weighted by atomic mass is 10.2. The van der Waals surface area contributed by atoms with Gasteiger partial charge in [0.2, 0.25) is 5.91 Å². The van der Waals surface area contributed by atoms with E-state index in [4.69, 9.17) is 9.47 Å². The van der Waals surface area contributed by atoms with E-state index in [2.05, 4.69) is 24.9 Å². The fraction of sp³-hybridized carbons (Fsp3) is 0.462. The van der Waals surface area contributed by atoms with Crippen molar-refractivity contribution in [3.8, 4) is 22.9 Å². The average molecular weight is 532 g/mol. The molecule has 2 aromatic heterocycles. The monoisotopic (exact) mass is 531 g/mol. The molecule has 38 heavy (non-hydrogen) atoms. The zero-order chi connectivity index (χ0) is 27.1. The highest BCUT2D eigenvalue weighted by Gasteiger charge is 2.18. The molecule has 1 aliphatic heterocycles. The van der Waals surface area contributed by atoms with Gasteiger partial charge in [-0.1, -0.05) is 12.1 Å². The van der Waals surface area contributed by atoms with E-state index in [-0.39, 0.29) is 35.2 Å². The van der Waals surface area contributed by atoms with E-state index >= 15 is 0 Å². The number of rotatable bonds is 11. The molecule has 1 aliphatic rings. The normalized spacial score (nSPS) is 14.3. The maximum Gasteiger partial charge on any atom is 0.387 e. The summed E-state index contributed by atoms with van der Waals surface area (Å²) in [7, 11) is 0. The number of hydrogen-bond acceptors (Lipinski definition) is 8. The Hall–Kier alpha value is -3.64. The topological polar surface area (TPSA) is 108 Å². The Morgan fingerprint density at radius 3 is 2.71 bits per heavy atom. The number of fused-ring (bicyclic) bond motifs is 1. The molecule has 1 saturated heterocycles. The first-order valence-electron chi connectivity index (χ1n) is 12.5. The number of hydrogen-bond donors (Lipinski definition) is 1. The van der Waals surface area contributed by atoms with Gasteiger partial charge in [-0.2, -0.15) is 8.78 Å². The quantitative estimate of drug-likeness (QED) is 0.377. The van der Waals surface area contributed by atoms with E-state index < -0.39 is 18.1 Å². The molecule has 1 fully saturated rings. The first-order chi connectivity index (χ1) is 18.3. The second-order valence-corrected chi connectivity index (χ2v) is 9.15. The van der Waals surface area contributed by atoms with E-state index in [1.807, 2.05) is 0 Å². The van der Waals surface area contributed by atoms with Crippen molar-refractivity contribution < 1.29 is 27.8 Å². The number of carbonyl (C=O) groups is 1. The first-order valence-corrected chi connectivity index (χ1v) is 12.5. The predicted octanol–water partition coefficient (Wildman–Crippen LogP) is 2.69. The molecule has 1 aromatic carbocycles. The highest BCUT2D eigenvalue weighted by molar-refractivity contribution is 5.80. The van der Waals surface area contributed by atoms with Crippen molar-refractivity contribution in [1.29, 1.82) is 0 Å². The molecule has 0 atom stereocenters. The van der Waals surface area contributed by atoms with Crippen LogP contribution < -0.4 is 20.3 Å². The summed E-state index contributed by atoms with van der Waals surface area (Å²) < 4.78 is 42.4. The van der Waals surface area contributed by atoms with Crippen LogP contribution in [0.5, 0.6) is 11.5 Å². The Morgan fingerprint density at radius 2 is 1.97 bits per heavy atom. The van der Waals surface area contributed by atoms with Gasteiger partial charge in [-0.25, -0.2) is 9.97 Å². The van der Waals surface area contributed by atoms with Crippen LogP contribution in [0.25, 0.3) is 22.4 Å². The molecule has 4 rings (SSSR count). The molecule has 0 radical (unpaired) electrons. The lowest BCUT2D eigenvalue weighted by Gasteiger charge is -2.26. The third-order valence-electron chi connectivity index (χ3n) is 5.84. The molecule has 0 saturated carbocycles. The van der Waals surface area contributed by atoms with Gasteiger partial charge in [0.25, 0.3) is 5.56 Å². The first kappa shape index (κ1) is 27.4. The summed E-state index contributed by atoms with van der Waals surface area (Å²) in [6.45, 7) is 4.85. The minimum Gasteiger partial charge on any atom is -0.492 e. The lowest BCUT2D eigenvalue weighted by molar-refractivity contribution is -0.122. The molecule has 3 heterocycles. The van der Waals surface area contributed by atoms with Gasteiger partial charge < -0.3 is 19.5 Å². The molecule has 204 valence electrons.